The molecule has 0 spiro atoms. The molecule has 0 bridgehead atoms. The van der Waals surface area contributed by atoms with Crippen molar-refractivity contribution in [2.75, 3.05) is 26.2 Å². The Morgan fingerprint density at radius 1 is 1.50 bits per heavy atom. The Labute approximate surface area is 75.6 Å². The first-order chi connectivity index (χ1) is 5.88. The van der Waals surface area contributed by atoms with Crippen LogP contribution in [-0.4, -0.2) is 31.1 Å². The third-order valence-electron chi connectivity index (χ3n) is 2.29. The van der Waals surface area contributed by atoms with Gasteiger partial charge in [0, 0.05) is 25.3 Å². The lowest BCUT2D eigenvalue weighted by Crippen LogP contribution is -2.33. The van der Waals surface area contributed by atoms with E-state index in [1.54, 1.807) is 0 Å². The fraction of sp³-hybridized carbons (Fsp3) is 0.800. The van der Waals surface area contributed by atoms with Gasteiger partial charge in [0.15, 0.2) is 0 Å². The van der Waals surface area contributed by atoms with E-state index >= 15 is 0 Å². The van der Waals surface area contributed by atoms with Gasteiger partial charge < -0.3 is 10.2 Å². The van der Waals surface area contributed by atoms with Crippen molar-refractivity contribution in [2.45, 2.75) is 26.7 Å². The summed E-state index contributed by atoms with van der Waals surface area (Å²) in [6.07, 6.45) is 4.80. The van der Waals surface area contributed by atoms with E-state index < -0.39 is 0 Å². The zero-order valence-electron chi connectivity index (χ0n) is 8.27. The Hall–Kier alpha value is -0.500. The van der Waals surface area contributed by atoms with Gasteiger partial charge in [0.2, 0.25) is 0 Å². The van der Waals surface area contributed by atoms with Crippen molar-refractivity contribution in [3.8, 4) is 0 Å². The molecule has 70 valence electrons. The van der Waals surface area contributed by atoms with E-state index in [1.807, 2.05) is 0 Å². The maximum atomic E-state index is 3.40. The molecule has 0 saturated heterocycles. The predicted molar refractivity (Wildman–Crippen MR) is 53.1 cm³/mol. The minimum absolute atomic E-state index is 1.06. The minimum Gasteiger partial charge on any atom is -0.374 e. The molecule has 0 amide bonds. The van der Waals surface area contributed by atoms with Crippen LogP contribution in [0, 0.1) is 0 Å². The van der Waals surface area contributed by atoms with E-state index in [0.29, 0.717) is 0 Å². The average molecular weight is 168 g/mol. The van der Waals surface area contributed by atoms with Crippen molar-refractivity contribution in [2.24, 2.45) is 0 Å². The van der Waals surface area contributed by atoms with Crippen LogP contribution >= 0.6 is 0 Å². The highest BCUT2D eigenvalue weighted by atomic mass is 15.1. The van der Waals surface area contributed by atoms with Crippen molar-refractivity contribution in [3.63, 3.8) is 0 Å². The van der Waals surface area contributed by atoms with E-state index in [-0.39, 0.29) is 0 Å². The molecule has 0 unspecified atom stereocenters. The van der Waals surface area contributed by atoms with Gasteiger partial charge in [-0.2, -0.15) is 0 Å². The summed E-state index contributed by atoms with van der Waals surface area (Å²) >= 11 is 0. The first-order valence-corrected chi connectivity index (χ1v) is 5.03. The molecule has 1 rings (SSSR count). The van der Waals surface area contributed by atoms with Gasteiger partial charge in [0.05, 0.1) is 0 Å². The lowest BCUT2D eigenvalue weighted by atomic mass is 10.2. The molecule has 1 aliphatic rings. The van der Waals surface area contributed by atoms with Crippen LogP contribution in [0.3, 0.4) is 0 Å². The van der Waals surface area contributed by atoms with E-state index in [2.05, 4.69) is 30.1 Å². The first-order valence-electron chi connectivity index (χ1n) is 5.03. The third-order valence-corrected chi connectivity index (χ3v) is 2.29. The number of nitrogens with zero attached hydrogens (tertiary/aromatic N) is 1. The molecule has 0 aromatic heterocycles. The lowest BCUT2D eigenvalue weighted by molar-refractivity contribution is 0.343. The van der Waals surface area contributed by atoms with Crippen molar-refractivity contribution in [3.05, 3.63) is 11.8 Å². The summed E-state index contributed by atoms with van der Waals surface area (Å²) in [6.45, 7) is 9.01. The van der Waals surface area contributed by atoms with E-state index in [9.17, 15) is 0 Å². The monoisotopic (exact) mass is 168 g/mol. The SMILES string of the molecule is CCCN(CC)C1=CCCNC1. The number of likely N-dealkylation sites (N-methyl/N-ethyl adjacent to an activating group) is 1. The van der Waals surface area contributed by atoms with Crippen molar-refractivity contribution in [1.82, 2.24) is 10.2 Å². The van der Waals surface area contributed by atoms with E-state index in [1.165, 1.54) is 25.1 Å². The molecule has 2 heteroatoms. The molecule has 12 heavy (non-hydrogen) atoms. The Bertz CT molecular complexity index is 152. The maximum Gasteiger partial charge on any atom is 0.0352 e. The van der Waals surface area contributed by atoms with Gasteiger partial charge in [0.1, 0.15) is 0 Å². The molecule has 0 saturated carbocycles. The molecule has 1 aliphatic heterocycles. The van der Waals surface area contributed by atoms with Gasteiger partial charge >= 0.3 is 0 Å². The Morgan fingerprint density at radius 3 is 2.83 bits per heavy atom. The largest absolute Gasteiger partial charge is 0.374 e. The third kappa shape index (κ3) is 2.52. The quantitative estimate of drug-likeness (QED) is 0.686. The van der Waals surface area contributed by atoms with Gasteiger partial charge in [-0.1, -0.05) is 13.0 Å². The topological polar surface area (TPSA) is 15.3 Å². The standard InChI is InChI=1S/C10H20N2/c1-3-8-12(4-2)10-6-5-7-11-9-10/h6,11H,3-5,7-9H2,1-2H3. The minimum atomic E-state index is 1.06. The zero-order valence-corrected chi connectivity index (χ0v) is 8.27. The van der Waals surface area contributed by atoms with E-state index in [0.717, 1.165) is 19.6 Å². The summed E-state index contributed by atoms with van der Waals surface area (Å²) in [5.74, 6) is 0. The summed E-state index contributed by atoms with van der Waals surface area (Å²) in [4.78, 5) is 2.46. The molecule has 1 heterocycles. The highest BCUT2D eigenvalue weighted by Gasteiger charge is 2.08. The van der Waals surface area contributed by atoms with Crippen LogP contribution in [0.15, 0.2) is 11.8 Å². The van der Waals surface area contributed by atoms with Crippen LogP contribution in [0.25, 0.3) is 0 Å². The van der Waals surface area contributed by atoms with Gasteiger partial charge in [0.25, 0.3) is 0 Å². The predicted octanol–water partition coefficient (Wildman–Crippen LogP) is 1.60. The van der Waals surface area contributed by atoms with Crippen LogP contribution in [0.1, 0.15) is 26.7 Å². The Morgan fingerprint density at radius 2 is 2.33 bits per heavy atom. The second kappa shape index (κ2) is 5.20. The summed E-state index contributed by atoms with van der Waals surface area (Å²) in [5, 5.41) is 3.40. The first kappa shape index (κ1) is 9.59. The number of hydrogen-bond donors (Lipinski definition) is 1. The van der Waals surface area contributed by atoms with Crippen LogP contribution in [0.4, 0.5) is 0 Å². The fourth-order valence-corrected chi connectivity index (χ4v) is 1.65. The summed E-state index contributed by atoms with van der Waals surface area (Å²) in [6, 6.07) is 0. The van der Waals surface area contributed by atoms with Crippen molar-refractivity contribution in [1.29, 1.82) is 0 Å². The molecular formula is C10H20N2. The van der Waals surface area contributed by atoms with Crippen LogP contribution in [0.2, 0.25) is 0 Å². The normalized spacial score (nSPS) is 17.3. The number of hydrogen-bond acceptors (Lipinski definition) is 2. The maximum absolute atomic E-state index is 3.40. The fourth-order valence-electron chi connectivity index (χ4n) is 1.65. The molecule has 0 atom stereocenters. The van der Waals surface area contributed by atoms with Gasteiger partial charge in [-0.05, 0) is 26.3 Å². The zero-order chi connectivity index (χ0) is 8.81. The van der Waals surface area contributed by atoms with Gasteiger partial charge in [-0.25, -0.2) is 0 Å². The molecule has 1 N–H and O–H groups in total. The molecule has 0 aromatic rings. The highest BCUT2D eigenvalue weighted by Crippen LogP contribution is 2.08. The van der Waals surface area contributed by atoms with Crippen LogP contribution in [0.5, 0.6) is 0 Å². The summed E-state index contributed by atoms with van der Waals surface area (Å²) < 4.78 is 0. The molecular weight excluding hydrogens is 148 g/mol. The number of nitrogens with one attached hydrogen (secondary N) is 1. The van der Waals surface area contributed by atoms with Gasteiger partial charge in [-0.15, -0.1) is 0 Å². The molecule has 0 radical (unpaired) electrons. The molecule has 0 aromatic carbocycles. The summed E-state index contributed by atoms with van der Waals surface area (Å²) in [5.41, 5.74) is 1.49. The van der Waals surface area contributed by atoms with Crippen LogP contribution < -0.4 is 5.32 Å². The molecule has 0 aliphatic carbocycles. The van der Waals surface area contributed by atoms with Crippen LogP contribution in [-0.2, 0) is 0 Å². The van der Waals surface area contributed by atoms with E-state index in [4.69, 9.17) is 0 Å². The van der Waals surface area contributed by atoms with Crippen molar-refractivity contribution < 1.29 is 0 Å². The lowest BCUT2D eigenvalue weighted by Gasteiger charge is -2.28. The molecule has 0 fully saturated rings. The Kier molecular flexibility index (Phi) is 4.15. The molecule has 2 nitrogen and oxygen atoms in total. The summed E-state index contributed by atoms with van der Waals surface area (Å²) in [7, 11) is 0. The Balaban J connectivity index is 2.45. The second-order valence-corrected chi connectivity index (χ2v) is 3.24. The second-order valence-electron chi connectivity index (χ2n) is 3.24. The van der Waals surface area contributed by atoms with Gasteiger partial charge in [-0.3, -0.25) is 0 Å². The highest BCUT2D eigenvalue weighted by molar-refractivity contribution is 5.06. The van der Waals surface area contributed by atoms with Crippen molar-refractivity contribution >= 4 is 0 Å². The number of rotatable bonds is 4. The smallest absolute Gasteiger partial charge is 0.0352 e. The average Bonchev–Trinajstić information content (AvgIpc) is 2.15.